The molecular weight excluding hydrogens is 184 g/mol. The van der Waals surface area contributed by atoms with Gasteiger partial charge in [0.2, 0.25) is 0 Å². The Bertz CT molecular complexity index is 265. The van der Waals surface area contributed by atoms with Crippen LogP contribution in [-0.4, -0.2) is 22.6 Å². The molecule has 0 aliphatic rings. The van der Waals surface area contributed by atoms with Crippen molar-refractivity contribution in [3.63, 3.8) is 0 Å². The minimum Gasteiger partial charge on any atom is -0.374 e. The molecule has 3 nitrogen and oxygen atoms in total. The number of rotatable bonds is 3. The third kappa shape index (κ3) is 2.74. The quantitative estimate of drug-likeness (QED) is 0.553. The normalized spacial score (nSPS) is 12.0. The van der Waals surface area contributed by atoms with E-state index in [1.807, 2.05) is 12.4 Å². The van der Waals surface area contributed by atoms with Crippen LogP contribution in [0.15, 0.2) is 17.6 Å². The van der Waals surface area contributed by atoms with Crippen molar-refractivity contribution in [3.05, 3.63) is 12.4 Å². The summed E-state index contributed by atoms with van der Waals surface area (Å²) >= 11 is 1.61. The SMILES string of the molecule is COCSc1nccn1C(C)(C)C. The number of nitrogens with zero attached hydrogens (tertiary/aromatic N) is 2. The summed E-state index contributed by atoms with van der Waals surface area (Å²) in [7, 11) is 1.69. The van der Waals surface area contributed by atoms with E-state index in [2.05, 4.69) is 30.3 Å². The van der Waals surface area contributed by atoms with Crippen LogP contribution in [0, 0.1) is 0 Å². The van der Waals surface area contributed by atoms with Gasteiger partial charge in [0.15, 0.2) is 5.16 Å². The van der Waals surface area contributed by atoms with Gasteiger partial charge in [0.05, 0.1) is 5.94 Å². The van der Waals surface area contributed by atoms with E-state index < -0.39 is 0 Å². The van der Waals surface area contributed by atoms with Crippen molar-refractivity contribution < 1.29 is 4.74 Å². The molecule has 0 spiro atoms. The van der Waals surface area contributed by atoms with E-state index >= 15 is 0 Å². The van der Waals surface area contributed by atoms with Crippen LogP contribution in [0.1, 0.15) is 20.8 Å². The molecule has 0 N–H and O–H groups in total. The van der Waals surface area contributed by atoms with Gasteiger partial charge in [-0.1, -0.05) is 11.8 Å². The Hall–Kier alpha value is -0.480. The third-order valence-corrected chi connectivity index (χ3v) is 2.55. The zero-order chi connectivity index (χ0) is 9.90. The first-order valence-corrected chi connectivity index (χ1v) is 5.20. The Kier molecular flexibility index (Phi) is 3.39. The van der Waals surface area contributed by atoms with Crippen LogP contribution in [0.4, 0.5) is 0 Å². The molecule has 0 aliphatic heterocycles. The molecule has 1 rings (SSSR count). The maximum absolute atomic E-state index is 4.99. The molecule has 0 amide bonds. The largest absolute Gasteiger partial charge is 0.374 e. The Morgan fingerprint density at radius 1 is 1.54 bits per heavy atom. The van der Waals surface area contributed by atoms with Gasteiger partial charge in [-0.25, -0.2) is 4.98 Å². The van der Waals surface area contributed by atoms with Crippen LogP contribution in [0.3, 0.4) is 0 Å². The summed E-state index contributed by atoms with van der Waals surface area (Å²) in [6.45, 7) is 6.47. The predicted octanol–water partition coefficient (Wildman–Crippen LogP) is 2.33. The average molecular weight is 200 g/mol. The number of aromatic nitrogens is 2. The lowest BCUT2D eigenvalue weighted by Gasteiger charge is -2.22. The first-order valence-electron chi connectivity index (χ1n) is 4.21. The van der Waals surface area contributed by atoms with Gasteiger partial charge in [0.1, 0.15) is 0 Å². The minimum absolute atomic E-state index is 0.0899. The minimum atomic E-state index is 0.0899. The van der Waals surface area contributed by atoms with Crippen molar-refractivity contribution in [1.29, 1.82) is 0 Å². The van der Waals surface area contributed by atoms with Crippen molar-refractivity contribution >= 4 is 11.8 Å². The summed E-state index contributed by atoms with van der Waals surface area (Å²) in [5.74, 6) is 0.646. The summed E-state index contributed by atoms with van der Waals surface area (Å²) < 4.78 is 7.14. The molecule has 0 aromatic carbocycles. The van der Waals surface area contributed by atoms with E-state index in [1.165, 1.54) is 0 Å². The van der Waals surface area contributed by atoms with Gasteiger partial charge in [-0.15, -0.1) is 0 Å². The number of imidazole rings is 1. The smallest absolute Gasteiger partial charge is 0.170 e. The van der Waals surface area contributed by atoms with Crippen molar-refractivity contribution in [2.75, 3.05) is 13.0 Å². The highest BCUT2D eigenvalue weighted by Crippen LogP contribution is 2.23. The van der Waals surface area contributed by atoms with Crippen LogP contribution in [0.2, 0.25) is 0 Å². The Morgan fingerprint density at radius 3 is 2.77 bits per heavy atom. The molecule has 0 fully saturated rings. The van der Waals surface area contributed by atoms with E-state index in [4.69, 9.17) is 4.74 Å². The molecule has 0 saturated heterocycles. The summed E-state index contributed by atoms with van der Waals surface area (Å²) in [6, 6.07) is 0. The topological polar surface area (TPSA) is 27.1 Å². The second kappa shape index (κ2) is 4.15. The summed E-state index contributed by atoms with van der Waals surface area (Å²) in [5, 5.41) is 1.01. The van der Waals surface area contributed by atoms with Crippen molar-refractivity contribution in [2.24, 2.45) is 0 Å². The average Bonchev–Trinajstić information content (AvgIpc) is 2.47. The molecule has 0 bridgehead atoms. The molecule has 1 aromatic heterocycles. The zero-order valence-electron chi connectivity index (χ0n) is 8.57. The van der Waals surface area contributed by atoms with Crippen LogP contribution in [0.5, 0.6) is 0 Å². The van der Waals surface area contributed by atoms with Crippen molar-refractivity contribution in [3.8, 4) is 0 Å². The second-order valence-electron chi connectivity index (χ2n) is 3.80. The fraction of sp³-hybridized carbons (Fsp3) is 0.667. The summed E-state index contributed by atoms with van der Waals surface area (Å²) in [4.78, 5) is 4.27. The fourth-order valence-electron chi connectivity index (χ4n) is 1.02. The molecule has 0 radical (unpaired) electrons. The van der Waals surface area contributed by atoms with E-state index in [-0.39, 0.29) is 5.54 Å². The molecule has 0 aliphatic carbocycles. The highest BCUT2D eigenvalue weighted by Gasteiger charge is 2.16. The molecule has 13 heavy (non-hydrogen) atoms. The van der Waals surface area contributed by atoms with Gasteiger partial charge in [-0.05, 0) is 20.8 Å². The molecule has 0 unspecified atom stereocenters. The van der Waals surface area contributed by atoms with Crippen molar-refractivity contribution in [1.82, 2.24) is 9.55 Å². The molecule has 1 aromatic rings. The van der Waals surface area contributed by atoms with E-state index in [0.717, 1.165) is 5.16 Å². The lowest BCUT2D eigenvalue weighted by atomic mass is 10.1. The maximum atomic E-state index is 4.99. The number of ether oxygens (including phenoxy) is 1. The molecule has 4 heteroatoms. The van der Waals surface area contributed by atoms with Gasteiger partial charge in [0.25, 0.3) is 0 Å². The second-order valence-corrected chi connectivity index (χ2v) is 4.69. The van der Waals surface area contributed by atoms with Gasteiger partial charge in [-0.3, -0.25) is 0 Å². The zero-order valence-corrected chi connectivity index (χ0v) is 9.39. The standard InChI is InChI=1S/C9H16N2OS/c1-9(2,3)11-6-5-10-8(11)13-7-12-4/h5-6H,7H2,1-4H3. The van der Waals surface area contributed by atoms with Gasteiger partial charge < -0.3 is 9.30 Å². The first kappa shape index (κ1) is 10.6. The lowest BCUT2D eigenvalue weighted by Crippen LogP contribution is -2.21. The maximum Gasteiger partial charge on any atom is 0.170 e. The van der Waals surface area contributed by atoms with Gasteiger partial charge >= 0.3 is 0 Å². The molecule has 74 valence electrons. The van der Waals surface area contributed by atoms with Crippen LogP contribution in [0.25, 0.3) is 0 Å². The molecule has 0 saturated carbocycles. The predicted molar refractivity (Wildman–Crippen MR) is 55.0 cm³/mol. The molecular formula is C9H16N2OS. The van der Waals surface area contributed by atoms with E-state index in [1.54, 1.807) is 18.9 Å². The Morgan fingerprint density at radius 2 is 2.23 bits per heavy atom. The third-order valence-electron chi connectivity index (χ3n) is 1.64. The van der Waals surface area contributed by atoms with Gasteiger partial charge in [0, 0.05) is 25.0 Å². The Labute approximate surface area is 83.5 Å². The van der Waals surface area contributed by atoms with Crippen molar-refractivity contribution in [2.45, 2.75) is 31.5 Å². The first-order chi connectivity index (χ1) is 6.05. The number of methoxy groups -OCH3 is 1. The Balaban J connectivity index is 2.77. The molecule has 0 atom stereocenters. The highest BCUT2D eigenvalue weighted by molar-refractivity contribution is 7.99. The summed E-state index contributed by atoms with van der Waals surface area (Å²) in [5.41, 5.74) is 0.0899. The van der Waals surface area contributed by atoms with Gasteiger partial charge in [-0.2, -0.15) is 0 Å². The van der Waals surface area contributed by atoms with Crippen LogP contribution < -0.4 is 0 Å². The number of thioether (sulfide) groups is 1. The summed E-state index contributed by atoms with van der Waals surface area (Å²) in [6.07, 6.45) is 3.82. The fourth-order valence-corrected chi connectivity index (χ4v) is 1.85. The van der Waals surface area contributed by atoms with E-state index in [9.17, 15) is 0 Å². The lowest BCUT2D eigenvalue weighted by molar-refractivity contribution is 0.257. The molecule has 1 heterocycles. The number of hydrogen-bond donors (Lipinski definition) is 0. The van der Waals surface area contributed by atoms with Crippen LogP contribution in [-0.2, 0) is 10.3 Å². The van der Waals surface area contributed by atoms with Crippen LogP contribution >= 0.6 is 11.8 Å². The monoisotopic (exact) mass is 200 g/mol. The van der Waals surface area contributed by atoms with E-state index in [0.29, 0.717) is 5.94 Å². The highest BCUT2D eigenvalue weighted by atomic mass is 32.2. The number of hydrogen-bond acceptors (Lipinski definition) is 3.